The van der Waals surface area contributed by atoms with Crippen molar-refractivity contribution in [2.24, 2.45) is 10.4 Å². The molecule has 1 aliphatic heterocycles. The molecule has 0 spiro atoms. The molecule has 1 aromatic rings. The number of hydrogen-bond acceptors (Lipinski definition) is 1. The Morgan fingerprint density at radius 3 is 2.33 bits per heavy atom. The van der Waals surface area contributed by atoms with Crippen molar-refractivity contribution in [2.75, 3.05) is 26.7 Å². The smallest absolute Gasteiger partial charge is 0.356 e. The summed E-state index contributed by atoms with van der Waals surface area (Å²) in [7, 11) is 1.76. The molecule has 0 bridgehead atoms. The van der Waals surface area contributed by atoms with E-state index in [-0.39, 0.29) is 24.0 Å². The number of aliphatic imine (C=N–C) groups is 1. The summed E-state index contributed by atoms with van der Waals surface area (Å²) in [5, 5.41) is 3.30. The molecule has 0 amide bonds. The molecule has 2 rings (SSSR count). The Labute approximate surface area is 158 Å². The average molecular weight is 455 g/mol. The number of halogens is 4. The lowest BCUT2D eigenvalue weighted by Crippen LogP contribution is -2.41. The number of likely N-dealkylation sites (tertiary alicyclic amines) is 1. The van der Waals surface area contributed by atoms with E-state index >= 15 is 0 Å². The molecule has 0 saturated carbocycles. The van der Waals surface area contributed by atoms with E-state index in [0.29, 0.717) is 18.4 Å². The highest BCUT2D eigenvalue weighted by Crippen LogP contribution is 2.29. The molecule has 1 aliphatic rings. The van der Waals surface area contributed by atoms with Crippen molar-refractivity contribution >= 4 is 29.9 Å². The van der Waals surface area contributed by atoms with Crippen molar-refractivity contribution in [1.29, 1.82) is 0 Å². The van der Waals surface area contributed by atoms with Crippen LogP contribution in [0.2, 0.25) is 0 Å². The van der Waals surface area contributed by atoms with Gasteiger partial charge in [-0.05, 0) is 36.0 Å². The maximum Gasteiger partial charge on any atom is 0.416 e. The normalized spacial score (nSPS) is 17.6. The lowest BCUT2D eigenvalue weighted by atomic mass is 9.93. The topological polar surface area (TPSA) is 27.6 Å². The van der Waals surface area contributed by atoms with Crippen molar-refractivity contribution in [3.63, 3.8) is 0 Å². The first-order valence-electron chi connectivity index (χ1n) is 7.83. The minimum absolute atomic E-state index is 0. The Hall–Kier alpha value is -0.990. The van der Waals surface area contributed by atoms with Crippen LogP contribution in [0.1, 0.15) is 31.4 Å². The maximum atomic E-state index is 12.5. The molecule has 0 atom stereocenters. The van der Waals surface area contributed by atoms with Gasteiger partial charge < -0.3 is 10.2 Å². The average Bonchev–Trinajstić information content (AvgIpc) is 2.83. The summed E-state index contributed by atoms with van der Waals surface area (Å²) in [6.45, 7) is 7.07. The van der Waals surface area contributed by atoms with Gasteiger partial charge in [-0.2, -0.15) is 13.2 Å². The minimum atomic E-state index is -4.28. The summed E-state index contributed by atoms with van der Waals surface area (Å²) in [5.41, 5.74) is 0.567. The van der Waals surface area contributed by atoms with E-state index in [4.69, 9.17) is 0 Å². The van der Waals surface area contributed by atoms with Crippen LogP contribution < -0.4 is 5.32 Å². The molecule has 0 aliphatic carbocycles. The molecule has 24 heavy (non-hydrogen) atoms. The van der Waals surface area contributed by atoms with Crippen molar-refractivity contribution in [1.82, 2.24) is 10.2 Å². The Bertz CT molecular complexity index is 553. The molecule has 0 unspecified atom stereocenters. The Kier molecular flexibility index (Phi) is 7.37. The fourth-order valence-electron chi connectivity index (χ4n) is 2.80. The summed E-state index contributed by atoms with van der Waals surface area (Å²) in [4.78, 5) is 6.52. The monoisotopic (exact) mass is 455 g/mol. The van der Waals surface area contributed by atoms with E-state index < -0.39 is 11.7 Å². The highest BCUT2D eigenvalue weighted by atomic mass is 127. The second-order valence-corrected chi connectivity index (χ2v) is 6.75. The van der Waals surface area contributed by atoms with E-state index in [9.17, 15) is 13.2 Å². The standard InChI is InChI=1S/C17H24F3N3.HI/c1-16(2)9-11-23(12-16)15(21-3)22-10-8-13-4-6-14(7-5-13)17(18,19)20;/h4-7H,8-12H2,1-3H3,(H,21,22);1H. The van der Waals surface area contributed by atoms with Crippen LogP contribution in [-0.4, -0.2) is 37.5 Å². The van der Waals surface area contributed by atoms with Crippen molar-refractivity contribution in [3.05, 3.63) is 35.4 Å². The van der Waals surface area contributed by atoms with Crippen LogP contribution in [0.4, 0.5) is 13.2 Å². The Balaban J connectivity index is 0.00000288. The lowest BCUT2D eigenvalue weighted by molar-refractivity contribution is -0.137. The van der Waals surface area contributed by atoms with Gasteiger partial charge in [0.25, 0.3) is 0 Å². The number of guanidine groups is 1. The Morgan fingerprint density at radius 1 is 1.25 bits per heavy atom. The highest BCUT2D eigenvalue weighted by Gasteiger charge is 2.31. The summed E-state index contributed by atoms with van der Waals surface area (Å²) >= 11 is 0. The van der Waals surface area contributed by atoms with E-state index in [2.05, 4.69) is 29.1 Å². The molecule has 1 N–H and O–H groups in total. The number of benzene rings is 1. The van der Waals surface area contributed by atoms with Gasteiger partial charge in [-0.15, -0.1) is 24.0 Å². The quantitative estimate of drug-likeness (QED) is 0.421. The molecule has 3 nitrogen and oxygen atoms in total. The van der Waals surface area contributed by atoms with Crippen LogP contribution >= 0.6 is 24.0 Å². The third-order valence-corrected chi connectivity index (χ3v) is 4.17. The number of alkyl halides is 3. The highest BCUT2D eigenvalue weighted by molar-refractivity contribution is 14.0. The summed E-state index contributed by atoms with van der Waals surface area (Å²) < 4.78 is 37.6. The van der Waals surface area contributed by atoms with Crippen LogP contribution in [0.25, 0.3) is 0 Å². The van der Waals surface area contributed by atoms with Crippen molar-refractivity contribution < 1.29 is 13.2 Å². The molecule has 1 saturated heterocycles. The van der Waals surface area contributed by atoms with E-state index in [0.717, 1.165) is 43.2 Å². The number of nitrogens with zero attached hydrogens (tertiary/aromatic N) is 2. The summed E-state index contributed by atoms with van der Waals surface area (Å²) in [6, 6.07) is 5.33. The van der Waals surface area contributed by atoms with Gasteiger partial charge >= 0.3 is 6.18 Å². The van der Waals surface area contributed by atoms with Gasteiger partial charge in [-0.3, -0.25) is 4.99 Å². The maximum absolute atomic E-state index is 12.5. The second kappa shape index (κ2) is 8.40. The van der Waals surface area contributed by atoms with Crippen molar-refractivity contribution in [3.8, 4) is 0 Å². The zero-order chi connectivity index (χ0) is 17.1. The van der Waals surface area contributed by atoms with Crippen LogP contribution in [-0.2, 0) is 12.6 Å². The van der Waals surface area contributed by atoms with Crippen molar-refractivity contribution in [2.45, 2.75) is 32.9 Å². The third-order valence-electron chi connectivity index (χ3n) is 4.17. The molecule has 0 radical (unpaired) electrons. The molecule has 136 valence electrons. The molecule has 1 heterocycles. The van der Waals surface area contributed by atoms with Gasteiger partial charge in [0.2, 0.25) is 0 Å². The van der Waals surface area contributed by atoms with Gasteiger partial charge in [-0.1, -0.05) is 26.0 Å². The molecule has 1 fully saturated rings. The fraction of sp³-hybridized carbons (Fsp3) is 0.588. The molecular formula is C17H25F3IN3. The van der Waals surface area contributed by atoms with E-state index in [1.165, 1.54) is 12.1 Å². The van der Waals surface area contributed by atoms with Gasteiger partial charge in [0.15, 0.2) is 5.96 Å². The number of rotatable bonds is 3. The molecule has 0 aromatic heterocycles. The minimum Gasteiger partial charge on any atom is -0.356 e. The first-order valence-corrected chi connectivity index (χ1v) is 7.83. The largest absolute Gasteiger partial charge is 0.416 e. The second-order valence-electron chi connectivity index (χ2n) is 6.75. The third kappa shape index (κ3) is 5.82. The molecule has 1 aromatic carbocycles. The first kappa shape index (κ1) is 21.1. The van der Waals surface area contributed by atoms with Crippen LogP contribution in [0.5, 0.6) is 0 Å². The SMILES string of the molecule is CN=C(NCCc1ccc(C(F)(F)F)cc1)N1CCC(C)(C)C1.I. The first-order chi connectivity index (χ1) is 10.7. The zero-order valence-corrected chi connectivity index (χ0v) is 16.6. The summed E-state index contributed by atoms with van der Waals surface area (Å²) in [6.07, 6.45) is -2.48. The van der Waals surface area contributed by atoms with Gasteiger partial charge in [0.05, 0.1) is 5.56 Å². The van der Waals surface area contributed by atoms with Gasteiger partial charge in [0.1, 0.15) is 0 Å². The zero-order valence-electron chi connectivity index (χ0n) is 14.3. The van der Waals surface area contributed by atoms with Crippen LogP contribution in [0.15, 0.2) is 29.3 Å². The predicted octanol–water partition coefficient (Wildman–Crippen LogP) is 4.17. The molecular weight excluding hydrogens is 430 g/mol. The number of hydrogen-bond donors (Lipinski definition) is 1. The summed E-state index contributed by atoms with van der Waals surface area (Å²) in [5.74, 6) is 0.863. The van der Waals surface area contributed by atoms with E-state index in [1.54, 1.807) is 7.05 Å². The molecule has 7 heteroatoms. The Morgan fingerprint density at radius 2 is 1.88 bits per heavy atom. The van der Waals surface area contributed by atoms with Gasteiger partial charge in [0, 0.05) is 26.7 Å². The lowest BCUT2D eigenvalue weighted by Gasteiger charge is -2.23. The number of nitrogens with one attached hydrogen (secondary N) is 1. The predicted molar refractivity (Wildman–Crippen MR) is 102 cm³/mol. The van der Waals surface area contributed by atoms with Gasteiger partial charge in [-0.25, -0.2) is 0 Å². The van der Waals surface area contributed by atoms with Crippen LogP contribution in [0.3, 0.4) is 0 Å². The fourth-order valence-corrected chi connectivity index (χ4v) is 2.80. The van der Waals surface area contributed by atoms with Crippen LogP contribution in [0, 0.1) is 5.41 Å². The van der Waals surface area contributed by atoms with E-state index in [1.807, 2.05) is 0 Å².